The lowest BCUT2D eigenvalue weighted by Gasteiger charge is -2.15. The predicted octanol–water partition coefficient (Wildman–Crippen LogP) is 2.47. The van der Waals surface area contributed by atoms with E-state index in [0.29, 0.717) is 6.04 Å². The van der Waals surface area contributed by atoms with Gasteiger partial charge in [0.1, 0.15) is 0 Å². The molecule has 92 valence electrons. The van der Waals surface area contributed by atoms with Crippen molar-refractivity contribution < 1.29 is 0 Å². The van der Waals surface area contributed by atoms with Crippen LogP contribution in [0.3, 0.4) is 0 Å². The van der Waals surface area contributed by atoms with E-state index in [1.807, 2.05) is 22.2 Å². The monoisotopic (exact) mass is 250 g/mol. The Morgan fingerprint density at radius 3 is 3.12 bits per heavy atom. The van der Waals surface area contributed by atoms with Crippen molar-refractivity contribution in [3.8, 4) is 0 Å². The molecule has 4 nitrogen and oxygen atoms in total. The van der Waals surface area contributed by atoms with Gasteiger partial charge in [0.25, 0.3) is 0 Å². The van der Waals surface area contributed by atoms with E-state index < -0.39 is 0 Å². The van der Waals surface area contributed by atoms with Crippen molar-refractivity contribution in [2.45, 2.75) is 32.4 Å². The highest BCUT2D eigenvalue weighted by Crippen LogP contribution is 2.21. The zero-order valence-electron chi connectivity index (χ0n) is 10.0. The first-order valence-corrected chi connectivity index (χ1v) is 6.89. The van der Waals surface area contributed by atoms with Crippen molar-refractivity contribution >= 4 is 11.3 Å². The Kier molecular flexibility index (Phi) is 4.70. The smallest absolute Gasteiger partial charge is 0.0692 e. The summed E-state index contributed by atoms with van der Waals surface area (Å²) in [5.74, 6) is 0. The van der Waals surface area contributed by atoms with Gasteiger partial charge in [-0.15, -0.1) is 16.4 Å². The van der Waals surface area contributed by atoms with Crippen molar-refractivity contribution in [1.82, 2.24) is 20.3 Å². The molecule has 0 aromatic carbocycles. The SMILES string of the molecule is CCC(NCCCn1ccnn1)c1cccs1. The molecule has 0 fully saturated rings. The molecule has 0 bridgehead atoms. The van der Waals surface area contributed by atoms with Gasteiger partial charge in [0.2, 0.25) is 0 Å². The van der Waals surface area contributed by atoms with Crippen molar-refractivity contribution in [3.63, 3.8) is 0 Å². The summed E-state index contributed by atoms with van der Waals surface area (Å²) < 4.78 is 1.87. The summed E-state index contributed by atoms with van der Waals surface area (Å²) in [6, 6.07) is 4.80. The molecule has 0 aliphatic carbocycles. The van der Waals surface area contributed by atoms with Gasteiger partial charge >= 0.3 is 0 Å². The Morgan fingerprint density at radius 1 is 1.53 bits per heavy atom. The third-order valence-corrected chi connectivity index (χ3v) is 3.71. The summed E-state index contributed by atoms with van der Waals surface area (Å²) in [5.41, 5.74) is 0. The second kappa shape index (κ2) is 6.51. The van der Waals surface area contributed by atoms with Gasteiger partial charge in [-0.2, -0.15) is 0 Å². The topological polar surface area (TPSA) is 42.7 Å². The van der Waals surface area contributed by atoms with Crippen LogP contribution < -0.4 is 5.32 Å². The molecular weight excluding hydrogens is 232 g/mol. The van der Waals surface area contributed by atoms with E-state index in [1.54, 1.807) is 6.20 Å². The zero-order chi connectivity index (χ0) is 11.9. The van der Waals surface area contributed by atoms with Gasteiger partial charge in [0.15, 0.2) is 0 Å². The highest BCUT2D eigenvalue weighted by Gasteiger charge is 2.08. The molecule has 0 saturated carbocycles. The van der Waals surface area contributed by atoms with Crippen LogP contribution in [-0.4, -0.2) is 21.5 Å². The summed E-state index contributed by atoms with van der Waals surface area (Å²) in [7, 11) is 0. The van der Waals surface area contributed by atoms with Crippen molar-refractivity contribution in [3.05, 3.63) is 34.8 Å². The minimum absolute atomic E-state index is 0.491. The Labute approximate surface area is 106 Å². The van der Waals surface area contributed by atoms with Crippen molar-refractivity contribution in [2.24, 2.45) is 0 Å². The van der Waals surface area contributed by atoms with E-state index in [1.165, 1.54) is 4.88 Å². The molecule has 2 aromatic heterocycles. The maximum atomic E-state index is 3.94. The zero-order valence-corrected chi connectivity index (χ0v) is 10.9. The minimum atomic E-state index is 0.491. The molecule has 0 aliphatic rings. The first kappa shape index (κ1) is 12.3. The van der Waals surface area contributed by atoms with Gasteiger partial charge in [-0.05, 0) is 30.8 Å². The van der Waals surface area contributed by atoms with E-state index in [4.69, 9.17) is 0 Å². The molecule has 2 heterocycles. The summed E-state index contributed by atoms with van der Waals surface area (Å²) >= 11 is 1.82. The standard InChI is InChI=1S/C12H18N4S/c1-2-11(12-5-3-10-17-12)13-6-4-8-16-9-7-14-15-16/h3,5,7,9-11,13H,2,4,6,8H2,1H3. The van der Waals surface area contributed by atoms with Crippen LogP contribution in [0.1, 0.15) is 30.7 Å². The van der Waals surface area contributed by atoms with E-state index >= 15 is 0 Å². The summed E-state index contributed by atoms with van der Waals surface area (Å²) in [6.07, 6.45) is 5.82. The minimum Gasteiger partial charge on any atom is -0.309 e. The Bertz CT molecular complexity index is 396. The van der Waals surface area contributed by atoms with Gasteiger partial charge in [-0.25, -0.2) is 0 Å². The van der Waals surface area contributed by atoms with E-state index in [9.17, 15) is 0 Å². The maximum absolute atomic E-state index is 3.94. The molecule has 2 aromatic rings. The highest BCUT2D eigenvalue weighted by atomic mass is 32.1. The third kappa shape index (κ3) is 3.64. The maximum Gasteiger partial charge on any atom is 0.0692 e. The molecule has 5 heteroatoms. The number of hydrogen-bond acceptors (Lipinski definition) is 4. The van der Waals surface area contributed by atoms with Crippen LogP contribution in [-0.2, 0) is 6.54 Å². The van der Waals surface area contributed by atoms with Crippen LogP contribution in [0.15, 0.2) is 29.9 Å². The average molecular weight is 250 g/mol. The van der Waals surface area contributed by atoms with Crippen LogP contribution in [0.25, 0.3) is 0 Å². The third-order valence-electron chi connectivity index (χ3n) is 2.72. The van der Waals surface area contributed by atoms with Gasteiger partial charge in [0, 0.05) is 23.7 Å². The Hall–Kier alpha value is -1.20. The van der Waals surface area contributed by atoms with Gasteiger partial charge in [-0.3, -0.25) is 4.68 Å². The first-order chi connectivity index (χ1) is 8.40. The number of nitrogens with zero attached hydrogens (tertiary/aromatic N) is 3. The quantitative estimate of drug-likeness (QED) is 0.768. The fraction of sp³-hybridized carbons (Fsp3) is 0.500. The fourth-order valence-electron chi connectivity index (χ4n) is 1.80. The molecule has 17 heavy (non-hydrogen) atoms. The summed E-state index contributed by atoms with van der Waals surface area (Å²) in [4.78, 5) is 1.42. The highest BCUT2D eigenvalue weighted by molar-refractivity contribution is 7.10. The van der Waals surface area contributed by atoms with Crippen LogP contribution in [0.4, 0.5) is 0 Å². The van der Waals surface area contributed by atoms with E-state index in [2.05, 4.69) is 40.1 Å². The van der Waals surface area contributed by atoms with Crippen molar-refractivity contribution in [1.29, 1.82) is 0 Å². The first-order valence-electron chi connectivity index (χ1n) is 6.01. The number of thiophene rings is 1. The number of rotatable bonds is 7. The molecule has 0 saturated heterocycles. The summed E-state index contributed by atoms with van der Waals surface area (Å²) in [5, 5.41) is 13.4. The molecule has 1 atom stereocenters. The number of hydrogen-bond donors (Lipinski definition) is 1. The predicted molar refractivity (Wildman–Crippen MR) is 70.0 cm³/mol. The second-order valence-corrected chi connectivity index (χ2v) is 4.93. The van der Waals surface area contributed by atoms with Crippen molar-refractivity contribution in [2.75, 3.05) is 6.54 Å². The fourth-order valence-corrected chi connectivity index (χ4v) is 2.69. The lowest BCUT2D eigenvalue weighted by atomic mass is 10.2. The Morgan fingerprint density at radius 2 is 2.47 bits per heavy atom. The molecule has 0 radical (unpaired) electrons. The normalized spacial score (nSPS) is 12.8. The van der Waals surface area contributed by atoms with Crippen LogP contribution in [0.5, 0.6) is 0 Å². The van der Waals surface area contributed by atoms with Crippen LogP contribution in [0, 0.1) is 0 Å². The molecule has 0 spiro atoms. The average Bonchev–Trinajstić information content (AvgIpc) is 3.01. The molecule has 1 unspecified atom stereocenters. The van der Waals surface area contributed by atoms with Crippen LogP contribution in [0.2, 0.25) is 0 Å². The molecule has 0 aliphatic heterocycles. The number of nitrogens with one attached hydrogen (secondary N) is 1. The van der Waals surface area contributed by atoms with E-state index in [0.717, 1.165) is 25.9 Å². The number of aromatic nitrogens is 3. The lowest BCUT2D eigenvalue weighted by Crippen LogP contribution is -2.22. The second-order valence-electron chi connectivity index (χ2n) is 3.95. The molecule has 2 rings (SSSR count). The van der Waals surface area contributed by atoms with Gasteiger partial charge in [0.05, 0.1) is 6.20 Å². The molecule has 1 N–H and O–H groups in total. The lowest BCUT2D eigenvalue weighted by molar-refractivity contribution is 0.479. The van der Waals surface area contributed by atoms with Crippen LogP contribution >= 0.6 is 11.3 Å². The Balaban J connectivity index is 1.70. The summed E-state index contributed by atoms with van der Waals surface area (Å²) in [6.45, 7) is 4.15. The molecular formula is C12H18N4S. The number of aryl methyl sites for hydroxylation is 1. The van der Waals surface area contributed by atoms with Gasteiger partial charge in [-0.1, -0.05) is 18.2 Å². The van der Waals surface area contributed by atoms with Gasteiger partial charge < -0.3 is 5.32 Å². The largest absolute Gasteiger partial charge is 0.309 e. The molecule has 0 amide bonds. The van der Waals surface area contributed by atoms with E-state index in [-0.39, 0.29) is 0 Å².